The third kappa shape index (κ3) is 4.22. The van der Waals surface area contributed by atoms with E-state index in [0.29, 0.717) is 40.8 Å². The molecule has 0 aliphatic carbocycles. The van der Waals surface area contributed by atoms with Gasteiger partial charge in [0, 0.05) is 29.8 Å². The van der Waals surface area contributed by atoms with Crippen LogP contribution in [0.25, 0.3) is 11.3 Å². The van der Waals surface area contributed by atoms with Crippen molar-refractivity contribution in [1.82, 2.24) is 14.9 Å². The molecular formula is C27H26ClFN4O2. The Hall–Kier alpha value is -3.21. The van der Waals surface area contributed by atoms with Gasteiger partial charge in [-0.3, -0.25) is 4.79 Å². The van der Waals surface area contributed by atoms with E-state index in [1.807, 2.05) is 19.1 Å². The van der Waals surface area contributed by atoms with Crippen LogP contribution < -0.4 is 0 Å². The normalized spacial score (nSPS) is 18.5. The molecule has 0 radical (unpaired) electrons. The van der Waals surface area contributed by atoms with Gasteiger partial charge in [-0.2, -0.15) is 5.26 Å². The summed E-state index contributed by atoms with van der Waals surface area (Å²) in [6.45, 7) is 5.40. The van der Waals surface area contributed by atoms with E-state index in [9.17, 15) is 4.79 Å². The number of carbonyl (C=O) groups excluding carboxylic acids is 1. The molecule has 0 saturated carbocycles. The number of likely N-dealkylation sites (tertiary alicyclic amines) is 1. The van der Waals surface area contributed by atoms with Gasteiger partial charge in [-0.1, -0.05) is 36.7 Å². The van der Waals surface area contributed by atoms with Gasteiger partial charge in [0.1, 0.15) is 16.7 Å². The molecule has 1 aromatic heterocycles. The number of aromatic nitrogens is 2. The van der Waals surface area contributed by atoms with Gasteiger partial charge in [-0.05, 0) is 55.2 Å². The molecule has 6 nitrogen and oxygen atoms in total. The summed E-state index contributed by atoms with van der Waals surface area (Å²) >= 11 is 6.58. The maximum Gasteiger partial charge on any atom is 0.254 e. The number of aromatic amines is 1. The molecule has 3 heterocycles. The summed E-state index contributed by atoms with van der Waals surface area (Å²) in [6, 6.07) is 13.8. The lowest BCUT2D eigenvalue weighted by Gasteiger charge is -2.44. The Morgan fingerprint density at radius 2 is 1.89 bits per heavy atom. The van der Waals surface area contributed by atoms with Crippen LogP contribution in [0.1, 0.15) is 52.6 Å². The SMILES string of the molecule is Cc1ccc(C(=O)N2CC(F)(c3ccc(C#N)cc3)C2)cc1-c1nc(C2(C)CCOCC2)[nH]c1Cl. The minimum absolute atomic E-state index is 0.0331. The number of imidazole rings is 1. The summed E-state index contributed by atoms with van der Waals surface area (Å²) in [5, 5.41) is 9.39. The molecule has 35 heavy (non-hydrogen) atoms. The lowest BCUT2D eigenvalue weighted by atomic mass is 9.82. The van der Waals surface area contributed by atoms with Crippen LogP contribution in [0.5, 0.6) is 0 Å². The molecule has 2 aromatic carbocycles. The highest BCUT2D eigenvalue weighted by Gasteiger charge is 2.47. The fraction of sp³-hybridized carbons (Fsp3) is 0.370. The number of aryl methyl sites for hydroxylation is 1. The number of rotatable bonds is 4. The molecule has 8 heteroatoms. The number of halogens is 2. The van der Waals surface area contributed by atoms with Gasteiger partial charge < -0.3 is 14.6 Å². The predicted octanol–water partition coefficient (Wildman–Crippen LogP) is 5.30. The third-order valence-corrected chi connectivity index (χ3v) is 7.54. The van der Waals surface area contributed by atoms with E-state index >= 15 is 4.39 Å². The second-order valence-corrected chi connectivity index (χ2v) is 10.1. The number of hydrogen-bond donors (Lipinski definition) is 1. The summed E-state index contributed by atoms with van der Waals surface area (Å²) < 4.78 is 20.9. The standard InChI is InChI=1S/C27H26ClFN4O2/c1-17-3-6-19(24(34)33-15-27(29,16-33)20-7-4-18(14-30)5-8-20)13-21(17)22-23(28)32-25(31-22)26(2)9-11-35-12-10-26/h3-8,13H,9-12,15-16H2,1-2H3,(H,31,32). The van der Waals surface area contributed by atoms with Gasteiger partial charge in [0.25, 0.3) is 5.91 Å². The molecule has 2 fully saturated rings. The van der Waals surface area contributed by atoms with E-state index in [0.717, 1.165) is 29.8 Å². The molecular weight excluding hydrogens is 467 g/mol. The largest absolute Gasteiger partial charge is 0.381 e. The molecule has 1 N–H and O–H groups in total. The molecule has 2 aliphatic rings. The summed E-state index contributed by atoms with van der Waals surface area (Å²) in [5.41, 5.74) is 1.99. The number of ether oxygens (including phenoxy) is 1. The van der Waals surface area contributed by atoms with Gasteiger partial charge in [0.2, 0.25) is 0 Å². The number of hydrogen-bond acceptors (Lipinski definition) is 4. The Morgan fingerprint density at radius 3 is 2.54 bits per heavy atom. The van der Waals surface area contributed by atoms with Crippen molar-refractivity contribution in [3.63, 3.8) is 0 Å². The smallest absolute Gasteiger partial charge is 0.254 e. The van der Waals surface area contributed by atoms with Gasteiger partial charge in [0.05, 0.1) is 24.7 Å². The fourth-order valence-corrected chi connectivity index (χ4v) is 5.03. The van der Waals surface area contributed by atoms with Crippen LogP contribution in [-0.2, 0) is 15.8 Å². The van der Waals surface area contributed by atoms with Crippen LogP contribution in [0.15, 0.2) is 42.5 Å². The zero-order valence-corrected chi connectivity index (χ0v) is 20.5. The van der Waals surface area contributed by atoms with Crippen LogP contribution >= 0.6 is 11.6 Å². The number of nitrogens with one attached hydrogen (secondary N) is 1. The molecule has 2 saturated heterocycles. The molecule has 5 rings (SSSR count). The molecule has 0 unspecified atom stereocenters. The van der Waals surface area contributed by atoms with Crippen molar-refractivity contribution in [3.05, 3.63) is 75.7 Å². The summed E-state index contributed by atoms with van der Waals surface area (Å²) in [4.78, 5) is 22.8. The summed E-state index contributed by atoms with van der Waals surface area (Å²) in [7, 11) is 0. The number of carbonyl (C=O) groups is 1. The highest BCUT2D eigenvalue weighted by molar-refractivity contribution is 6.32. The first-order valence-corrected chi connectivity index (χ1v) is 12.0. The van der Waals surface area contributed by atoms with E-state index in [1.165, 1.54) is 4.90 Å². The minimum atomic E-state index is -1.61. The van der Waals surface area contributed by atoms with Crippen molar-refractivity contribution in [1.29, 1.82) is 5.26 Å². The van der Waals surface area contributed by atoms with Crippen molar-refractivity contribution >= 4 is 17.5 Å². The first-order valence-electron chi connectivity index (χ1n) is 11.7. The van der Waals surface area contributed by atoms with Gasteiger partial charge in [-0.25, -0.2) is 9.37 Å². The van der Waals surface area contributed by atoms with Crippen LogP contribution in [0.4, 0.5) is 4.39 Å². The second kappa shape index (κ2) is 8.78. The Labute approximate surface area is 208 Å². The molecule has 2 aliphatic heterocycles. The van der Waals surface area contributed by atoms with Crippen molar-refractivity contribution in [2.45, 2.75) is 37.8 Å². The third-order valence-electron chi connectivity index (χ3n) is 7.27. The first kappa shape index (κ1) is 23.5. The lowest BCUT2D eigenvalue weighted by Crippen LogP contribution is -2.58. The van der Waals surface area contributed by atoms with Crippen molar-refractivity contribution < 1.29 is 13.9 Å². The molecule has 0 spiro atoms. The number of H-pyrrole nitrogens is 1. The monoisotopic (exact) mass is 492 g/mol. The van der Waals surface area contributed by atoms with Crippen LogP contribution in [-0.4, -0.2) is 47.1 Å². The van der Waals surface area contributed by atoms with Crippen LogP contribution in [0.3, 0.4) is 0 Å². The first-order chi connectivity index (χ1) is 16.7. The minimum Gasteiger partial charge on any atom is -0.381 e. The quantitative estimate of drug-likeness (QED) is 0.536. The van der Waals surface area contributed by atoms with Crippen LogP contribution in [0.2, 0.25) is 5.15 Å². The molecule has 0 atom stereocenters. The zero-order valence-electron chi connectivity index (χ0n) is 19.7. The topological polar surface area (TPSA) is 82.0 Å². The maximum atomic E-state index is 15.4. The van der Waals surface area contributed by atoms with Gasteiger partial charge in [-0.15, -0.1) is 0 Å². The molecule has 1 amide bonds. The highest BCUT2D eigenvalue weighted by atomic mass is 35.5. The number of benzene rings is 2. The maximum absolute atomic E-state index is 15.4. The average molecular weight is 493 g/mol. The number of amides is 1. The van der Waals surface area contributed by atoms with E-state index in [2.05, 4.69) is 11.9 Å². The van der Waals surface area contributed by atoms with Crippen molar-refractivity contribution in [2.75, 3.05) is 26.3 Å². The average Bonchev–Trinajstić information content (AvgIpc) is 3.24. The summed E-state index contributed by atoms with van der Waals surface area (Å²) in [6.07, 6.45) is 1.71. The van der Waals surface area contributed by atoms with E-state index in [4.69, 9.17) is 26.6 Å². The Morgan fingerprint density at radius 1 is 1.20 bits per heavy atom. The highest BCUT2D eigenvalue weighted by Crippen LogP contribution is 2.39. The predicted molar refractivity (Wildman–Crippen MR) is 131 cm³/mol. The Balaban J connectivity index is 1.37. The molecule has 0 bridgehead atoms. The second-order valence-electron chi connectivity index (χ2n) is 9.77. The summed E-state index contributed by atoms with van der Waals surface area (Å²) in [5.74, 6) is 0.584. The van der Waals surface area contributed by atoms with Crippen LogP contribution in [0, 0.1) is 18.3 Å². The Kier molecular flexibility index (Phi) is 5.90. The van der Waals surface area contributed by atoms with Gasteiger partial charge in [0.15, 0.2) is 5.67 Å². The van der Waals surface area contributed by atoms with Crippen molar-refractivity contribution in [3.8, 4) is 17.3 Å². The number of nitrogens with zero attached hydrogens (tertiary/aromatic N) is 3. The lowest BCUT2D eigenvalue weighted by molar-refractivity contribution is -0.0231. The van der Waals surface area contributed by atoms with E-state index in [1.54, 1.807) is 36.4 Å². The number of nitriles is 1. The molecule has 180 valence electrons. The zero-order chi connectivity index (χ0) is 24.8. The number of alkyl halides is 1. The van der Waals surface area contributed by atoms with E-state index < -0.39 is 5.67 Å². The van der Waals surface area contributed by atoms with Gasteiger partial charge >= 0.3 is 0 Å². The molecule has 3 aromatic rings. The Bertz CT molecular complexity index is 1320. The van der Waals surface area contributed by atoms with Crippen molar-refractivity contribution in [2.24, 2.45) is 0 Å². The van der Waals surface area contributed by atoms with E-state index in [-0.39, 0.29) is 24.4 Å². The fourth-order valence-electron chi connectivity index (χ4n) is 4.80.